The van der Waals surface area contributed by atoms with Crippen molar-refractivity contribution in [3.05, 3.63) is 55.2 Å². The number of rotatable bonds is 3. The third kappa shape index (κ3) is 2.50. The van der Waals surface area contributed by atoms with Gasteiger partial charge in [0.1, 0.15) is 5.15 Å². The standard InChI is InChI=1S/C11H11ClN4O3/c1-7-8(11(12)14(2)13-7)5-15-4-3-10(17)9(6-15)16(18)19/h3-4,6H,5H2,1-2H3. The van der Waals surface area contributed by atoms with E-state index in [-0.39, 0.29) is 0 Å². The quantitative estimate of drug-likeness (QED) is 0.631. The first-order valence-corrected chi connectivity index (χ1v) is 5.80. The summed E-state index contributed by atoms with van der Waals surface area (Å²) in [5, 5.41) is 15.3. The Hall–Kier alpha value is -2.15. The fourth-order valence-corrected chi connectivity index (χ4v) is 2.02. The number of halogens is 1. The number of hydrogen-bond donors (Lipinski definition) is 0. The van der Waals surface area contributed by atoms with E-state index in [2.05, 4.69) is 5.10 Å². The zero-order chi connectivity index (χ0) is 14.2. The van der Waals surface area contributed by atoms with Crippen molar-refractivity contribution >= 4 is 17.3 Å². The van der Waals surface area contributed by atoms with E-state index in [1.807, 2.05) is 0 Å². The van der Waals surface area contributed by atoms with Gasteiger partial charge in [-0.15, -0.1) is 0 Å². The lowest BCUT2D eigenvalue weighted by Crippen LogP contribution is -2.11. The van der Waals surface area contributed by atoms with Crippen molar-refractivity contribution < 1.29 is 4.92 Å². The van der Waals surface area contributed by atoms with Crippen LogP contribution in [-0.2, 0) is 13.6 Å². The highest BCUT2D eigenvalue weighted by Crippen LogP contribution is 2.20. The first-order valence-electron chi connectivity index (χ1n) is 5.42. The van der Waals surface area contributed by atoms with Gasteiger partial charge in [-0.1, -0.05) is 11.6 Å². The summed E-state index contributed by atoms with van der Waals surface area (Å²) in [7, 11) is 1.71. The van der Waals surface area contributed by atoms with Crippen LogP contribution in [0.3, 0.4) is 0 Å². The fourth-order valence-electron chi connectivity index (χ4n) is 1.78. The van der Waals surface area contributed by atoms with E-state index in [0.29, 0.717) is 11.7 Å². The highest BCUT2D eigenvalue weighted by molar-refractivity contribution is 6.30. The molecule has 2 rings (SSSR count). The normalized spacial score (nSPS) is 10.7. The maximum Gasteiger partial charge on any atom is 0.332 e. The summed E-state index contributed by atoms with van der Waals surface area (Å²) >= 11 is 6.09. The lowest BCUT2D eigenvalue weighted by atomic mass is 10.2. The Morgan fingerprint density at radius 1 is 1.53 bits per heavy atom. The molecule has 0 radical (unpaired) electrons. The van der Waals surface area contributed by atoms with Gasteiger partial charge in [-0.25, -0.2) is 0 Å². The Morgan fingerprint density at radius 2 is 2.21 bits per heavy atom. The molecule has 0 aliphatic rings. The second kappa shape index (κ2) is 4.85. The summed E-state index contributed by atoms with van der Waals surface area (Å²) in [5.74, 6) is 0. The van der Waals surface area contributed by atoms with Gasteiger partial charge in [0.15, 0.2) is 0 Å². The summed E-state index contributed by atoms with van der Waals surface area (Å²) in [4.78, 5) is 21.3. The Bertz CT molecular complexity index is 704. The minimum absolute atomic E-state index is 0.319. The van der Waals surface area contributed by atoms with Crippen LogP contribution in [0.1, 0.15) is 11.3 Å². The lowest BCUT2D eigenvalue weighted by Gasteiger charge is -2.05. The van der Waals surface area contributed by atoms with Crippen molar-refractivity contribution in [3.8, 4) is 0 Å². The van der Waals surface area contributed by atoms with Crippen molar-refractivity contribution in [1.82, 2.24) is 14.3 Å². The van der Waals surface area contributed by atoms with Gasteiger partial charge in [-0.2, -0.15) is 5.10 Å². The van der Waals surface area contributed by atoms with Crippen LogP contribution in [0.2, 0.25) is 5.15 Å². The minimum Gasteiger partial charge on any atom is -0.343 e. The monoisotopic (exact) mass is 282 g/mol. The van der Waals surface area contributed by atoms with Crippen LogP contribution in [-0.4, -0.2) is 19.3 Å². The van der Waals surface area contributed by atoms with Crippen molar-refractivity contribution in [1.29, 1.82) is 0 Å². The molecule has 0 fully saturated rings. The SMILES string of the molecule is Cc1nn(C)c(Cl)c1Cn1ccc(=O)c([N+](=O)[O-])c1. The number of aryl methyl sites for hydroxylation is 2. The van der Waals surface area contributed by atoms with E-state index in [9.17, 15) is 14.9 Å². The molecule has 0 spiro atoms. The molecular formula is C11H11ClN4O3. The Kier molecular flexibility index (Phi) is 3.39. The summed E-state index contributed by atoms with van der Waals surface area (Å²) in [5.41, 5.74) is 0.436. The van der Waals surface area contributed by atoms with Gasteiger partial charge in [0, 0.05) is 24.9 Å². The second-order valence-electron chi connectivity index (χ2n) is 4.10. The average Bonchev–Trinajstić information content (AvgIpc) is 2.58. The number of aromatic nitrogens is 3. The minimum atomic E-state index is -0.698. The van der Waals surface area contributed by atoms with E-state index in [4.69, 9.17) is 11.6 Å². The number of nitrogens with zero attached hydrogens (tertiary/aromatic N) is 4. The predicted molar refractivity (Wildman–Crippen MR) is 69.4 cm³/mol. The van der Waals surface area contributed by atoms with E-state index < -0.39 is 16.0 Å². The molecule has 7 nitrogen and oxygen atoms in total. The molecular weight excluding hydrogens is 272 g/mol. The molecule has 2 heterocycles. The summed E-state index contributed by atoms with van der Waals surface area (Å²) in [6.07, 6.45) is 2.68. The van der Waals surface area contributed by atoms with Gasteiger partial charge in [0.2, 0.25) is 0 Å². The Morgan fingerprint density at radius 3 is 2.74 bits per heavy atom. The first-order chi connectivity index (χ1) is 8.90. The zero-order valence-corrected chi connectivity index (χ0v) is 11.1. The topological polar surface area (TPSA) is 83.0 Å². The maximum absolute atomic E-state index is 11.3. The van der Waals surface area contributed by atoms with Gasteiger partial charge >= 0.3 is 5.69 Å². The molecule has 0 amide bonds. The molecule has 0 atom stereocenters. The molecule has 0 bridgehead atoms. The van der Waals surface area contributed by atoms with E-state index in [1.54, 1.807) is 14.0 Å². The van der Waals surface area contributed by atoms with Gasteiger partial charge in [0.05, 0.1) is 23.4 Å². The molecule has 0 saturated heterocycles. The first kappa shape index (κ1) is 13.3. The van der Waals surface area contributed by atoms with Crippen LogP contribution >= 0.6 is 11.6 Å². The number of hydrogen-bond acceptors (Lipinski definition) is 4. The average molecular weight is 283 g/mol. The van der Waals surface area contributed by atoms with E-state index in [0.717, 1.165) is 17.3 Å². The Balaban J connectivity index is 2.42. The molecule has 2 aromatic rings. The highest BCUT2D eigenvalue weighted by Gasteiger charge is 2.15. The molecule has 0 N–H and O–H groups in total. The van der Waals surface area contributed by atoms with Crippen LogP contribution < -0.4 is 5.43 Å². The largest absolute Gasteiger partial charge is 0.343 e. The third-order valence-corrected chi connectivity index (χ3v) is 3.24. The highest BCUT2D eigenvalue weighted by atomic mass is 35.5. The summed E-state index contributed by atoms with van der Waals surface area (Å²) in [6, 6.07) is 1.16. The lowest BCUT2D eigenvalue weighted by molar-refractivity contribution is -0.386. The fraction of sp³-hybridized carbons (Fsp3) is 0.273. The van der Waals surface area contributed by atoms with Gasteiger partial charge in [0.25, 0.3) is 5.43 Å². The number of pyridine rings is 1. The molecule has 0 aliphatic heterocycles. The molecule has 0 aliphatic carbocycles. The number of nitro groups is 1. The maximum atomic E-state index is 11.3. The predicted octanol–water partition coefficient (Wildman–Crippen LogP) is 1.50. The zero-order valence-electron chi connectivity index (χ0n) is 10.3. The molecule has 100 valence electrons. The molecule has 19 heavy (non-hydrogen) atoms. The Labute approximate surface area is 113 Å². The van der Waals surface area contributed by atoms with Crippen molar-refractivity contribution in [2.75, 3.05) is 0 Å². The van der Waals surface area contributed by atoms with E-state index >= 15 is 0 Å². The summed E-state index contributed by atoms with van der Waals surface area (Å²) < 4.78 is 3.07. The van der Waals surface area contributed by atoms with Crippen LogP contribution in [0.4, 0.5) is 5.69 Å². The third-order valence-electron chi connectivity index (χ3n) is 2.77. The van der Waals surface area contributed by atoms with Gasteiger partial charge in [-0.05, 0) is 6.92 Å². The molecule has 2 aromatic heterocycles. The van der Waals surface area contributed by atoms with Crippen molar-refractivity contribution in [3.63, 3.8) is 0 Å². The van der Waals surface area contributed by atoms with Crippen LogP contribution in [0.15, 0.2) is 23.3 Å². The smallest absolute Gasteiger partial charge is 0.332 e. The molecule has 0 saturated carbocycles. The van der Waals surface area contributed by atoms with E-state index in [1.165, 1.54) is 21.6 Å². The molecule has 0 aromatic carbocycles. The van der Waals surface area contributed by atoms with Crippen molar-refractivity contribution in [2.24, 2.45) is 7.05 Å². The molecule has 8 heteroatoms. The van der Waals surface area contributed by atoms with Gasteiger partial charge < -0.3 is 4.57 Å². The van der Waals surface area contributed by atoms with Crippen LogP contribution in [0.25, 0.3) is 0 Å². The van der Waals surface area contributed by atoms with Crippen LogP contribution in [0.5, 0.6) is 0 Å². The van der Waals surface area contributed by atoms with Crippen LogP contribution in [0, 0.1) is 17.0 Å². The second-order valence-corrected chi connectivity index (χ2v) is 4.46. The molecule has 0 unspecified atom stereocenters. The summed E-state index contributed by atoms with van der Waals surface area (Å²) in [6.45, 7) is 2.12. The van der Waals surface area contributed by atoms with Gasteiger partial charge in [-0.3, -0.25) is 19.6 Å². The van der Waals surface area contributed by atoms with Crippen molar-refractivity contribution in [2.45, 2.75) is 13.5 Å².